The van der Waals surface area contributed by atoms with Crippen LogP contribution >= 0.6 is 0 Å². The summed E-state index contributed by atoms with van der Waals surface area (Å²) < 4.78 is 0. The van der Waals surface area contributed by atoms with Gasteiger partial charge in [-0.05, 0) is 55.7 Å². The van der Waals surface area contributed by atoms with Crippen molar-refractivity contribution in [3.05, 3.63) is 47.5 Å². The van der Waals surface area contributed by atoms with Crippen LogP contribution in [0.2, 0.25) is 0 Å². The molecule has 1 aliphatic heterocycles. The fraction of sp³-hybridized carbons (Fsp3) is 0.592. The van der Waals surface area contributed by atoms with Crippen LogP contribution < -0.4 is 32.3 Å². The molecule has 11 N–H and O–H groups in total. The second kappa shape index (κ2) is 28.9. The van der Waals surface area contributed by atoms with Crippen LogP contribution in [-0.4, -0.2) is 142 Å². The molecule has 382 valence electrons. The van der Waals surface area contributed by atoms with Gasteiger partial charge in [0.05, 0.1) is 19.7 Å². The largest absolute Gasteiger partial charge is 0.507 e. The Bertz CT molecular complexity index is 2090. The number of nitrogens with zero attached hydrogens (tertiary/aromatic N) is 2. The van der Waals surface area contributed by atoms with E-state index in [9.17, 15) is 58.8 Å². The van der Waals surface area contributed by atoms with Crippen LogP contribution in [0.3, 0.4) is 0 Å². The standard InChI is InChI=1S/C49H74N8O12/c1-6-7-8-9-10-11-12-13-14-15-16-17-18-19-41(62)56(4)37(29-58)48(68)53-30(2)45(65)52-28-42(63)57(5)43-33-21-23-39(60)35(26-33)34-24-32(20-22-38(34)59)25-36(47(67)51-27-40(61)44(50)64)55-46(66)31(3)54-49(43)69/h20-24,26,30-31,36-37,40,43,58-61H,6-19,25,27-29H2,1-5H3,(H2,50,64)(H,51,67)(H,52,65)(H,53,68)(H,54,69)(H,55,66)/t30-,31+,36?,37-,40?,43+/m1/s1. The summed E-state index contributed by atoms with van der Waals surface area (Å²) >= 11 is 0. The molecule has 0 saturated carbocycles. The van der Waals surface area contributed by atoms with Gasteiger partial charge in [-0.3, -0.25) is 38.4 Å². The number of primary amides is 1. The summed E-state index contributed by atoms with van der Waals surface area (Å²) in [6.45, 7) is 2.96. The van der Waals surface area contributed by atoms with E-state index in [2.05, 4.69) is 33.5 Å². The third-order valence-electron chi connectivity index (χ3n) is 12.3. The van der Waals surface area contributed by atoms with E-state index in [1.165, 1.54) is 116 Å². The number of nitrogens with one attached hydrogen (secondary N) is 5. The predicted molar refractivity (Wildman–Crippen MR) is 257 cm³/mol. The maximum Gasteiger partial charge on any atom is 0.248 e. The molecule has 2 unspecified atom stereocenters. The number of unbranched alkanes of at least 4 members (excludes halogenated alkanes) is 12. The van der Waals surface area contributed by atoms with Gasteiger partial charge in [0.1, 0.15) is 47.8 Å². The first-order valence-electron chi connectivity index (χ1n) is 24.0. The van der Waals surface area contributed by atoms with Crippen molar-refractivity contribution in [2.45, 2.75) is 153 Å². The first-order chi connectivity index (χ1) is 32.8. The number of hydrogen-bond donors (Lipinski definition) is 10. The third-order valence-corrected chi connectivity index (χ3v) is 12.3. The highest BCUT2D eigenvalue weighted by Crippen LogP contribution is 2.38. The average Bonchev–Trinajstić information content (AvgIpc) is 3.31. The van der Waals surface area contributed by atoms with Gasteiger partial charge in [-0.25, -0.2) is 0 Å². The van der Waals surface area contributed by atoms with E-state index >= 15 is 0 Å². The summed E-state index contributed by atoms with van der Waals surface area (Å²) in [4.78, 5) is 107. The van der Waals surface area contributed by atoms with E-state index < -0.39 is 97.4 Å². The molecule has 0 spiro atoms. The van der Waals surface area contributed by atoms with Gasteiger partial charge >= 0.3 is 0 Å². The molecule has 6 atom stereocenters. The Morgan fingerprint density at radius 3 is 1.91 bits per heavy atom. The molecule has 20 heteroatoms. The SMILES string of the molecule is CCCCCCCCCCCCCCCC(=O)N(C)[C@H](CO)C(=O)N[C@H](C)C(=O)NCC(=O)N(C)[C@@H]1C(=O)N[C@@H](C)C(=O)NC(C(=O)NCC(O)C(N)=O)Cc2ccc(O)c(c2)-c2cc1ccc2O. The Morgan fingerprint density at radius 2 is 1.33 bits per heavy atom. The highest BCUT2D eigenvalue weighted by Gasteiger charge is 2.34. The summed E-state index contributed by atoms with van der Waals surface area (Å²) in [5, 5.41) is 54.1. The van der Waals surface area contributed by atoms with E-state index in [0.29, 0.717) is 12.0 Å². The Morgan fingerprint density at radius 1 is 0.768 bits per heavy atom. The van der Waals surface area contributed by atoms with E-state index in [1.807, 2.05) is 0 Å². The van der Waals surface area contributed by atoms with Crippen molar-refractivity contribution in [3.8, 4) is 22.6 Å². The van der Waals surface area contributed by atoms with Crippen LogP contribution in [0.15, 0.2) is 36.4 Å². The maximum absolute atomic E-state index is 14.1. The molecule has 2 aromatic rings. The van der Waals surface area contributed by atoms with Gasteiger partial charge in [0.2, 0.25) is 47.3 Å². The number of carbonyl (C=O) groups is 8. The van der Waals surface area contributed by atoms with Crippen molar-refractivity contribution < 1.29 is 58.8 Å². The predicted octanol–water partition coefficient (Wildman–Crippen LogP) is 1.69. The lowest BCUT2D eigenvalue weighted by molar-refractivity contribution is -0.142. The van der Waals surface area contributed by atoms with Crippen molar-refractivity contribution in [2.75, 3.05) is 33.8 Å². The Kier molecular flexibility index (Phi) is 23.9. The Labute approximate surface area is 404 Å². The summed E-state index contributed by atoms with van der Waals surface area (Å²) in [6.07, 6.45) is 13.3. The fourth-order valence-corrected chi connectivity index (χ4v) is 7.92. The van der Waals surface area contributed by atoms with Crippen LogP contribution in [0, 0.1) is 0 Å². The Balaban J connectivity index is 1.65. The van der Waals surface area contributed by atoms with E-state index in [4.69, 9.17) is 5.73 Å². The molecule has 69 heavy (non-hydrogen) atoms. The number of rotatable bonds is 26. The van der Waals surface area contributed by atoms with Crippen molar-refractivity contribution in [1.29, 1.82) is 0 Å². The normalized spacial score (nSPS) is 17.2. The van der Waals surface area contributed by atoms with Crippen molar-refractivity contribution in [3.63, 3.8) is 0 Å². The molecule has 1 heterocycles. The van der Waals surface area contributed by atoms with Gasteiger partial charge in [0, 0.05) is 38.1 Å². The number of carbonyl (C=O) groups excluding carboxylic acids is 8. The number of fused-ring (bicyclic) bond motifs is 5. The molecule has 0 saturated heterocycles. The highest BCUT2D eigenvalue weighted by atomic mass is 16.3. The van der Waals surface area contributed by atoms with Gasteiger partial charge in [-0.2, -0.15) is 0 Å². The number of aliphatic hydroxyl groups is 2. The quantitative estimate of drug-likeness (QED) is 0.0603. The molecule has 8 amide bonds. The van der Waals surface area contributed by atoms with E-state index in [-0.39, 0.29) is 46.9 Å². The second-order valence-electron chi connectivity index (χ2n) is 17.8. The summed E-state index contributed by atoms with van der Waals surface area (Å²) in [5.74, 6) is -6.96. The zero-order chi connectivity index (χ0) is 51.2. The van der Waals surface area contributed by atoms with Crippen LogP contribution in [0.1, 0.15) is 128 Å². The molecule has 1 aliphatic rings. The molecule has 0 aromatic heterocycles. The number of benzene rings is 2. The zero-order valence-electron chi connectivity index (χ0n) is 40.7. The summed E-state index contributed by atoms with van der Waals surface area (Å²) in [5.41, 5.74) is 5.73. The van der Waals surface area contributed by atoms with Crippen LogP contribution in [0.25, 0.3) is 11.1 Å². The fourth-order valence-electron chi connectivity index (χ4n) is 7.92. The van der Waals surface area contributed by atoms with Gasteiger partial charge in [0.15, 0.2) is 0 Å². The molecule has 3 rings (SSSR count). The molecule has 0 fully saturated rings. The van der Waals surface area contributed by atoms with Crippen LogP contribution in [0.5, 0.6) is 11.5 Å². The first kappa shape index (κ1) is 57.0. The molecule has 0 radical (unpaired) electrons. The smallest absolute Gasteiger partial charge is 0.248 e. The lowest BCUT2D eigenvalue weighted by Gasteiger charge is -2.30. The number of aromatic hydroxyl groups is 2. The monoisotopic (exact) mass is 967 g/mol. The van der Waals surface area contributed by atoms with Gasteiger partial charge < -0.3 is 62.5 Å². The number of phenolic OH excluding ortho intramolecular Hbond substituents is 2. The topological polar surface area (TPSA) is 310 Å². The van der Waals surface area contributed by atoms with E-state index in [1.54, 1.807) is 0 Å². The number of phenols is 2. The van der Waals surface area contributed by atoms with Gasteiger partial charge in [-0.1, -0.05) is 96.1 Å². The van der Waals surface area contributed by atoms with Gasteiger partial charge in [-0.15, -0.1) is 0 Å². The van der Waals surface area contributed by atoms with Crippen LogP contribution in [-0.2, 0) is 44.8 Å². The minimum Gasteiger partial charge on any atom is -0.507 e. The van der Waals surface area contributed by atoms with Crippen molar-refractivity contribution in [1.82, 2.24) is 36.4 Å². The number of nitrogens with two attached hydrogens (primary N) is 1. The first-order valence-corrected chi connectivity index (χ1v) is 24.0. The van der Waals surface area contributed by atoms with Crippen molar-refractivity contribution in [2.24, 2.45) is 5.73 Å². The molecule has 4 bridgehead atoms. The molecule has 0 aliphatic carbocycles. The molecular weight excluding hydrogens is 893 g/mol. The molecular formula is C49H74N8O12. The maximum atomic E-state index is 14.1. The lowest BCUT2D eigenvalue weighted by Crippen LogP contribution is -2.56. The average molecular weight is 967 g/mol. The third kappa shape index (κ3) is 18.0. The minimum atomic E-state index is -1.72. The van der Waals surface area contributed by atoms with Gasteiger partial charge in [0.25, 0.3) is 0 Å². The van der Waals surface area contributed by atoms with E-state index in [0.717, 1.165) is 35.5 Å². The number of aliphatic hydroxyl groups excluding tert-OH is 2. The number of hydrogen-bond acceptors (Lipinski definition) is 12. The summed E-state index contributed by atoms with van der Waals surface area (Å²) in [7, 11) is 2.68. The number of amides is 8. The Hall–Kier alpha value is -6.28. The molecule has 20 nitrogen and oxygen atoms in total. The van der Waals surface area contributed by atoms with Crippen LogP contribution in [0.4, 0.5) is 0 Å². The summed E-state index contributed by atoms with van der Waals surface area (Å²) in [6, 6.07) is 1.53. The number of likely N-dealkylation sites (N-methyl/N-ethyl adjacent to an activating group) is 2. The minimum absolute atomic E-state index is 0.0382. The second-order valence-corrected chi connectivity index (χ2v) is 17.8. The lowest BCUT2D eigenvalue weighted by atomic mass is 9.93. The molecule has 2 aromatic carbocycles. The highest BCUT2D eigenvalue weighted by molar-refractivity contribution is 5.97. The zero-order valence-corrected chi connectivity index (χ0v) is 40.7. The van der Waals surface area contributed by atoms with Crippen molar-refractivity contribution >= 4 is 47.3 Å².